The SMILES string of the molecule is COC(C)(C)CCOc1ccc(Br)cc1[N+](=O)[O-]. The Morgan fingerprint density at radius 1 is 1.44 bits per heavy atom. The summed E-state index contributed by atoms with van der Waals surface area (Å²) in [6.45, 7) is 4.24. The first-order valence-electron chi connectivity index (χ1n) is 5.47. The summed E-state index contributed by atoms with van der Waals surface area (Å²) in [5.74, 6) is 0.273. The van der Waals surface area contributed by atoms with E-state index in [-0.39, 0.29) is 17.0 Å². The van der Waals surface area contributed by atoms with E-state index in [1.54, 1.807) is 19.2 Å². The molecule has 0 N–H and O–H groups in total. The van der Waals surface area contributed by atoms with Crippen molar-refractivity contribution in [2.75, 3.05) is 13.7 Å². The normalized spacial score (nSPS) is 11.3. The van der Waals surface area contributed by atoms with Crippen LogP contribution in [-0.2, 0) is 4.74 Å². The van der Waals surface area contributed by atoms with Gasteiger partial charge in [-0.1, -0.05) is 15.9 Å². The van der Waals surface area contributed by atoms with Crippen molar-refractivity contribution in [3.63, 3.8) is 0 Å². The summed E-state index contributed by atoms with van der Waals surface area (Å²) in [5, 5.41) is 10.9. The maximum absolute atomic E-state index is 10.9. The Hall–Kier alpha value is -1.14. The molecule has 0 aromatic heterocycles. The summed E-state index contributed by atoms with van der Waals surface area (Å²) in [6, 6.07) is 4.72. The van der Waals surface area contributed by atoms with Crippen LogP contribution in [0, 0.1) is 10.1 Å². The molecule has 0 saturated heterocycles. The molecule has 0 radical (unpaired) electrons. The van der Waals surface area contributed by atoms with E-state index in [1.165, 1.54) is 6.07 Å². The lowest BCUT2D eigenvalue weighted by molar-refractivity contribution is -0.386. The summed E-state index contributed by atoms with van der Waals surface area (Å²) in [7, 11) is 1.63. The summed E-state index contributed by atoms with van der Waals surface area (Å²) in [4.78, 5) is 10.4. The first kappa shape index (κ1) is 14.9. The van der Waals surface area contributed by atoms with Crippen LogP contribution in [-0.4, -0.2) is 24.2 Å². The highest BCUT2D eigenvalue weighted by Crippen LogP contribution is 2.30. The monoisotopic (exact) mass is 317 g/mol. The standard InChI is InChI=1S/C12H16BrNO4/c1-12(2,17-3)6-7-18-11-5-4-9(13)8-10(11)14(15)16/h4-5,8H,6-7H2,1-3H3. The second-order valence-corrected chi connectivity index (χ2v) is 5.35. The lowest BCUT2D eigenvalue weighted by Gasteiger charge is -2.22. The highest BCUT2D eigenvalue weighted by atomic mass is 79.9. The van der Waals surface area contributed by atoms with Crippen molar-refractivity contribution < 1.29 is 14.4 Å². The molecule has 0 saturated carbocycles. The highest BCUT2D eigenvalue weighted by Gasteiger charge is 2.19. The van der Waals surface area contributed by atoms with Gasteiger partial charge in [0.25, 0.3) is 0 Å². The first-order valence-corrected chi connectivity index (χ1v) is 6.27. The van der Waals surface area contributed by atoms with Crippen LogP contribution in [0.1, 0.15) is 20.3 Å². The summed E-state index contributed by atoms with van der Waals surface area (Å²) < 4.78 is 11.4. The number of nitro groups is 1. The third-order valence-corrected chi connectivity index (χ3v) is 3.13. The number of methoxy groups -OCH3 is 1. The van der Waals surface area contributed by atoms with Gasteiger partial charge in [0.2, 0.25) is 0 Å². The van der Waals surface area contributed by atoms with E-state index in [2.05, 4.69) is 15.9 Å². The van der Waals surface area contributed by atoms with Crippen LogP contribution < -0.4 is 4.74 Å². The number of hydrogen-bond acceptors (Lipinski definition) is 4. The van der Waals surface area contributed by atoms with E-state index < -0.39 is 4.92 Å². The van der Waals surface area contributed by atoms with Gasteiger partial charge in [0.15, 0.2) is 5.75 Å². The second kappa shape index (κ2) is 6.15. The molecular formula is C12H16BrNO4. The van der Waals surface area contributed by atoms with Gasteiger partial charge < -0.3 is 9.47 Å². The molecule has 0 atom stereocenters. The third-order valence-electron chi connectivity index (χ3n) is 2.63. The molecule has 0 amide bonds. The molecule has 6 heteroatoms. The van der Waals surface area contributed by atoms with Crippen molar-refractivity contribution in [1.29, 1.82) is 0 Å². The summed E-state index contributed by atoms with van der Waals surface area (Å²) >= 11 is 3.20. The van der Waals surface area contributed by atoms with Gasteiger partial charge in [-0.15, -0.1) is 0 Å². The quantitative estimate of drug-likeness (QED) is 0.594. The van der Waals surface area contributed by atoms with Crippen LogP contribution >= 0.6 is 15.9 Å². The van der Waals surface area contributed by atoms with Crippen LogP contribution in [0.3, 0.4) is 0 Å². The van der Waals surface area contributed by atoms with E-state index in [1.807, 2.05) is 13.8 Å². The number of nitro benzene ring substituents is 1. The third kappa shape index (κ3) is 4.27. The van der Waals surface area contributed by atoms with E-state index >= 15 is 0 Å². The van der Waals surface area contributed by atoms with E-state index in [9.17, 15) is 10.1 Å². The average molecular weight is 318 g/mol. The molecule has 0 fully saturated rings. The first-order chi connectivity index (χ1) is 8.35. The molecule has 0 unspecified atom stereocenters. The van der Waals surface area contributed by atoms with E-state index in [4.69, 9.17) is 9.47 Å². The molecule has 18 heavy (non-hydrogen) atoms. The van der Waals surface area contributed by atoms with Crippen LogP contribution in [0.4, 0.5) is 5.69 Å². The van der Waals surface area contributed by atoms with Crippen molar-refractivity contribution >= 4 is 21.6 Å². The topological polar surface area (TPSA) is 61.6 Å². The fourth-order valence-electron chi connectivity index (χ4n) is 1.26. The fraction of sp³-hybridized carbons (Fsp3) is 0.500. The van der Waals surface area contributed by atoms with Crippen molar-refractivity contribution in [2.45, 2.75) is 25.9 Å². The van der Waals surface area contributed by atoms with Crippen molar-refractivity contribution in [3.8, 4) is 5.75 Å². The van der Waals surface area contributed by atoms with Crippen LogP contribution in [0.15, 0.2) is 22.7 Å². The van der Waals surface area contributed by atoms with Gasteiger partial charge in [0.1, 0.15) is 0 Å². The summed E-state index contributed by atoms with van der Waals surface area (Å²) in [6.07, 6.45) is 0.650. The molecular weight excluding hydrogens is 302 g/mol. The lowest BCUT2D eigenvalue weighted by Crippen LogP contribution is -2.25. The predicted octanol–water partition coefficient (Wildman–Crippen LogP) is 3.55. The number of halogens is 1. The van der Waals surface area contributed by atoms with E-state index in [0.29, 0.717) is 17.5 Å². The number of benzene rings is 1. The van der Waals surface area contributed by atoms with Crippen LogP contribution in [0.25, 0.3) is 0 Å². The van der Waals surface area contributed by atoms with E-state index in [0.717, 1.165) is 0 Å². The van der Waals surface area contributed by atoms with Gasteiger partial charge in [-0.05, 0) is 26.0 Å². The minimum Gasteiger partial charge on any atom is -0.487 e. The predicted molar refractivity (Wildman–Crippen MR) is 72.0 cm³/mol. The fourth-order valence-corrected chi connectivity index (χ4v) is 1.61. The Morgan fingerprint density at radius 2 is 2.11 bits per heavy atom. The molecule has 0 bridgehead atoms. The molecule has 100 valence electrons. The van der Waals surface area contributed by atoms with Gasteiger partial charge in [-0.25, -0.2) is 0 Å². The number of rotatable bonds is 6. The molecule has 0 heterocycles. The van der Waals surface area contributed by atoms with Gasteiger partial charge in [0.05, 0.1) is 17.1 Å². The zero-order valence-electron chi connectivity index (χ0n) is 10.6. The second-order valence-electron chi connectivity index (χ2n) is 4.43. The molecule has 1 aromatic rings. The zero-order chi connectivity index (χ0) is 13.8. The Morgan fingerprint density at radius 3 is 2.67 bits per heavy atom. The van der Waals surface area contributed by atoms with Gasteiger partial charge in [-0.3, -0.25) is 10.1 Å². The largest absolute Gasteiger partial charge is 0.487 e. The average Bonchev–Trinajstić information content (AvgIpc) is 2.30. The molecule has 0 aliphatic heterocycles. The zero-order valence-corrected chi connectivity index (χ0v) is 12.2. The van der Waals surface area contributed by atoms with Crippen LogP contribution in [0.5, 0.6) is 5.75 Å². The molecule has 1 rings (SSSR count). The van der Waals surface area contributed by atoms with Crippen molar-refractivity contribution in [1.82, 2.24) is 0 Å². The van der Waals surface area contributed by atoms with Crippen molar-refractivity contribution in [3.05, 3.63) is 32.8 Å². The van der Waals surface area contributed by atoms with Crippen LogP contribution in [0.2, 0.25) is 0 Å². The number of hydrogen-bond donors (Lipinski definition) is 0. The number of ether oxygens (including phenoxy) is 2. The summed E-state index contributed by atoms with van der Waals surface area (Å²) in [5.41, 5.74) is -0.343. The Bertz CT molecular complexity index is 434. The van der Waals surface area contributed by atoms with Gasteiger partial charge in [0, 0.05) is 24.1 Å². The minimum absolute atomic E-state index is 0.0420. The number of nitrogens with zero attached hydrogens (tertiary/aromatic N) is 1. The minimum atomic E-state index is -0.457. The molecule has 0 spiro atoms. The maximum Gasteiger partial charge on any atom is 0.312 e. The van der Waals surface area contributed by atoms with Gasteiger partial charge >= 0.3 is 5.69 Å². The van der Waals surface area contributed by atoms with Crippen molar-refractivity contribution in [2.24, 2.45) is 0 Å². The molecule has 1 aromatic carbocycles. The Balaban J connectivity index is 2.70. The maximum atomic E-state index is 10.9. The molecule has 5 nitrogen and oxygen atoms in total. The molecule has 0 aliphatic rings. The molecule has 0 aliphatic carbocycles. The van der Waals surface area contributed by atoms with Gasteiger partial charge in [-0.2, -0.15) is 0 Å². The Labute approximate surface area is 114 Å². The smallest absolute Gasteiger partial charge is 0.312 e. The lowest BCUT2D eigenvalue weighted by atomic mass is 10.1. The Kier molecular flexibility index (Phi) is 5.10. The highest BCUT2D eigenvalue weighted by molar-refractivity contribution is 9.10.